The Balaban J connectivity index is 1.17. The van der Waals surface area contributed by atoms with Crippen molar-refractivity contribution in [1.29, 1.82) is 0 Å². The maximum Gasteiger partial charge on any atom is 0.121 e. The van der Waals surface area contributed by atoms with Gasteiger partial charge in [0.05, 0.1) is 6.26 Å². The van der Waals surface area contributed by atoms with E-state index in [1.165, 1.54) is 66.8 Å². The van der Waals surface area contributed by atoms with Crippen LogP contribution in [0, 0.1) is 41.4 Å². The predicted molar refractivity (Wildman–Crippen MR) is 251 cm³/mol. The highest BCUT2D eigenvalue weighted by atomic mass is 16.3. The fourth-order valence-corrected chi connectivity index (χ4v) is 12.5. The third-order valence-corrected chi connectivity index (χ3v) is 15.7. The van der Waals surface area contributed by atoms with Crippen molar-refractivity contribution in [2.45, 2.75) is 64.2 Å². The van der Waals surface area contributed by atoms with Gasteiger partial charge < -0.3 is 4.42 Å². The first-order valence-corrected chi connectivity index (χ1v) is 22.5. The zero-order valence-electron chi connectivity index (χ0n) is 35.7. The first-order valence-electron chi connectivity index (χ1n) is 22.5. The molecule has 4 aromatic rings. The van der Waals surface area contributed by atoms with Crippen LogP contribution in [0.5, 0.6) is 0 Å². The number of hydrogen-bond acceptors (Lipinski definition) is 1. The minimum atomic E-state index is -0.231. The van der Waals surface area contributed by atoms with E-state index in [4.69, 9.17) is 4.42 Å². The molecule has 0 saturated heterocycles. The summed E-state index contributed by atoms with van der Waals surface area (Å²) in [4.78, 5) is 0. The summed E-state index contributed by atoms with van der Waals surface area (Å²) >= 11 is 0. The molecule has 60 heavy (non-hydrogen) atoms. The normalized spacial score (nSPS) is 28.8. The minimum absolute atomic E-state index is 0.0428. The smallest absolute Gasteiger partial charge is 0.121 e. The van der Waals surface area contributed by atoms with Gasteiger partial charge in [-0.25, -0.2) is 0 Å². The second-order valence-electron chi connectivity index (χ2n) is 19.6. The molecule has 1 heteroatoms. The lowest BCUT2D eigenvalue weighted by Gasteiger charge is -2.46. The van der Waals surface area contributed by atoms with Crippen LogP contribution in [0.4, 0.5) is 0 Å². The van der Waals surface area contributed by atoms with Crippen LogP contribution in [-0.2, 0) is 17.3 Å². The Labute approximate surface area is 357 Å². The van der Waals surface area contributed by atoms with Gasteiger partial charge in [-0.15, -0.1) is 0 Å². The quantitative estimate of drug-likeness (QED) is 0.184. The van der Waals surface area contributed by atoms with Gasteiger partial charge in [0.15, 0.2) is 0 Å². The second-order valence-corrected chi connectivity index (χ2v) is 19.6. The van der Waals surface area contributed by atoms with Crippen LogP contribution in [0.3, 0.4) is 0 Å². The molecule has 3 aromatic carbocycles. The number of furan rings is 1. The maximum absolute atomic E-state index is 6.18. The van der Waals surface area contributed by atoms with E-state index < -0.39 is 0 Å². The van der Waals surface area contributed by atoms with Gasteiger partial charge in [0.1, 0.15) is 5.76 Å². The van der Waals surface area contributed by atoms with E-state index in [1.54, 1.807) is 0 Å². The largest absolute Gasteiger partial charge is 0.468 e. The standard InChI is InChI=1S/C59H56O/c1-37-43-19-12-13-24-54(43)58(2,3)55(37)34-38-25-26-40(39-15-6-7-16-39)18-14-23-45(42-28-30-49-50-31-32-60-57(50)59(4,5)56(49)35-42)51(33-38)53-36-52-44-20-9-8-17-41(44)27-29-48(52)46-21-10-11-22-47(46)53/h6,8-33,35-37,41,44,46-48,52,55H,7,34H2,1-5H3. The molecule has 0 saturated carbocycles. The van der Waals surface area contributed by atoms with Gasteiger partial charge in [-0.2, -0.15) is 0 Å². The van der Waals surface area contributed by atoms with Crippen LogP contribution in [0.1, 0.15) is 86.1 Å². The Kier molecular flexibility index (Phi) is 8.86. The van der Waals surface area contributed by atoms with E-state index in [0.29, 0.717) is 41.4 Å². The topological polar surface area (TPSA) is 13.1 Å². The van der Waals surface area contributed by atoms with Crippen molar-refractivity contribution in [3.05, 3.63) is 215 Å². The molecular formula is C59H56O. The zero-order chi connectivity index (χ0) is 40.8. The van der Waals surface area contributed by atoms with Crippen LogP contribution in [-0.4, -0.2) is 0 Å². The average molecular weight is 781 g/mol. The number of rotatable bonds is 5. The lowest BCUT2D eigenvalue weighted by Crippen LogP contribution is -2.39. The van der Waals surface area contributed by atoms with Gasteiger partial charge in [0, 0.05) is 22.8 Å². The van der Waals surface area contributed by atoms with Gasteiger partial charge in [-0.05, 0) is 141 Å². The lowest BCUT2D eigenvalue weighted by molar-refractivity contribution is 0.236. The third-order valence-electron chi connectivity index (χ3n) is 15.7. The Bertz CT molecular complexity index is 2730. The SMILES string of the molecule is CC1c2ccccc2C(C)(C)C1Cc1ccc(C2=CCC=C2)cccc(-c2ccc3c(c2)C(C)(C)c2occc2-3)c(C2=CC3C4C=CC=CC4C=CC3C3C=CC=CC23)c1. The molecule has 0 N–H and O–H groups in total. The summed E-state index contributed by atoms with van der Waals surface area (Å²) in [5, 5.41) is 0. The molecule has 11 rings (SSSR count). The van der Waals surface area contributed by atoms with Gasteiger partial charge in [0.2, 0.25) is 0 Å². The number of fused-ring (bicyclic) bond motifs is 9. The van der Waals surface area contributed by atoms with Crippen LogP contribution < -0.4 is 0 Å². The van der Waals surface area contributed by atoms with E-state index in [0.717, 1.165) is 18.6 Å². The van der Waals surface area contributed by atoms with Gasteiger partial charge in [0.25, 0.3) is 0 Å². The van der Waals surface area contributed by atoms with Crippen LogP contribution >= 0.6 is 0 Å². The summed E-state index contributed by atoms with van der Waals surface area (Å²) in [6, 6.07) is 33.2. The average Bonchev–Trinajstić information content (AvgIpc) is 4.06. The third kappa shape index (κ3) is 5.87. The van der Waals surface area contributed by atoms with Gasteiger partial charge in [-0.1, -0.05) is 179 Å². The fraction of sp³-hybridized carbons (Fsp3) is 0.288. The van der Waals surface area contributed by atoms with Crippen molar-refractivity contribution >= 4 is 11.1 Å². The molecule has 298 valence electrons. The molecule has 0 spiro atoms. The van der Waals surface area contributed by atoms with Crippen molar-refractivity contribution in [1.82, 2.24) is 0 Å². The summed E-state index contributed by atoms with van der Waals surface area (Å²) in [6.07, 6.45) is 37.6. The monoisotopic (exact) mass is 780 g/mol. The molecule has 0 aliphatic heterocycles. The van der Waals surface area contributed by atoms with Gasteiger partial charge >= 0.3 is 0 Å². The van der Waals surface area contributed by atoms with E-state index in [9.17, 15) is 0 Å². The van der Waals surface area contributed by atoms with Crippen LogP contribution in [0.2, 0.25) is 0 Å². The van der Waals surface area contributed by atoms with Crippen molar-refractivity contribution in [3.63, 3.8) is 0 Å². The van der Waals surface area contributed by atoms with Crippen LogP contribution in [0.25, 0.3) is 33.4 Å². The number of benzene rings is 2. The Morgan fingerprint density at radius 1 is 0.633 bits per heavy atom. The molecule has 1 nitrogen and oxygen atoms in total. The van der Waals surface area contributed by atoms with Crippen LogP contribution in [0.15, 0.2) is 181 Å². The van der Waals surface area contributed by atoms with Crippen molar-refractivity contribution < 1.29 is 4.42 Å². The summed E-state index contributed by atoms with van der Waals surface area (Å²) in [5.74, 6) is 4.37. The summed E-state index contributed by atoms with van der Waals surface area (Å²) in [6.45, 7) is 12.1. The highest BCUT2D eigenvalue weighted by molar-refractivity contribution is 5.87. The van der Waals surface area contributed by atoms with Crippen molar-refractivity contribution in [2.24, 2.45) is 41.4 Å². The molecule has 1 heterocycles. The summed E-state index contributed by atoms with van der Waals surface area (Å²) in [7, 11) is 0. The molecule has 0 amide bonds. The molecule has 0 radical (unpaired) electrons. The highest BCUT2D eigenvalue weighted by Crippen LogP contribution is 2.56. The van der Waals surface area contributed by atoms with E-state index >= 15 is 0 Å². The maximum atomic E-state index is 6.18. The summed E-state index contributed by atoms with van der Waals surface area (Å²) < 4.78 is 6.18. The number of hydrogen-bond donors (Lipinski definition) is 0. The Hall–Kier alpha value is -5.66. The molecule has 7 aliphatic carbocycles. The molecule has 7 aliphatic rings. The molecule has 0 fully saturated rings. The van der Waals surface area contributed by atoms with Crippen molar-refractivity contribution in [3.8, 4) is 22.3 Å². The Morgan fingerprint density at radius 3 is 2.30 bits per heavy atom. The first kappa shape index (κ1) is 37.3. The highest BCUT2D eigenvalue weighted by Gasteiger charge is 2.46. The first-order chi connectivity index (χ1) is 29.2. The molecule has 8 atom stereocenters. The van der Waals surface area contributed by atoms with E-state index in [1.807, 2.05) is 6.26 Å². The summed E-state index contributed by atoms with van der Waals surface area (Å²) in [5.41, 5.74) is 16.0. The van der Waals surface area contributed by atoms with E-state index in [2.05, 4.69) is 205 Å². The van der Waals surface area contributed by atoms with Gasteiger partial charge in [-0.3, -0.25) is 0 Å². The fourth-order valence-electron chi connectivity index (χ4n) is 12.5. The molecule has 8 unspecified atom stereocenters. The van der Waals surface area contributed by atoms with E-state index in [-0.39, 0.29) is 16.7 Å². The second kappa shape index (κ2) is 14.2. The lowest BCUT2D eigenvalue weighted by atomic mass is 9.57. The molecule has 0 bridgehead atoms. The van der Waals surface area contributed by atoms with Crippen molar-refractivity contribution in [2.75, 3.05) is 0 Å². The zero-order valence-corrected chi connectivity index (χ0v) is 35.7. The molecular weight excluding hydrogens is 725 g/mol. The number of allylic oxidation sites excluding steroid dienone is 16. The predicted octanol–water partition coefficient (Wildman–Crippen LogP) is 14.9. The molecule has 1 aromatic heterocycles. The Morgan fingerprint density at radius 2 is 1.45 bits per heavy atom. The minimum Gasteiger partial charge on any atom is -0.468 e.